The summed E-state index contributed by atoms with van der Waals surface area (Å²) in [5.74, 6) is 5.26. The van der Waals surface area contributed by atoms with Crippen molar-refractivity contribution in [2.75, 3.05) is 33.4 Å². The highest BCUT2D eigenvalue weighted by Gasteiger charge is 2.56. The molecule has 2 saturated heterocycles. The van der Waals surface area contributed by atoms with E-state index in [1.165, 1.54) is 13.2 Å². The largest absolute Gasteiger partial charge is 0.496 e. The Morgan fingerprint density at radius 1 is 1.26 bits per heavy atom. The quantitative estimate of drug-likeness (QED) is 0.415. The molecule has 0 radical (unpaired) electrons. The van der Waals surface area contributed by atoms with E-state index in [4.69, 9.17) is 18.9 Å². The maximum atomic E-state index is 15.4. The van der Waals surface area contributed by atoms with E-state index >= 15 is 4.39 Å². The molecule has 3 aliphatic heterocycles. The molecule has 0 amide bonds. The summed E-state index contributed by atoms with van der Waals surface area (Å²) in [6.07, 6.45) is -0.711. The van der Waals surface area contributed by atoms with Crippen molar-refractivity contribution in [2.45, 2.75) is 40.0 Å². The second-order valence-corrected chi connectivity index (χ2v) is 8.61. The SMILES string of the molecule is CC#Cc1cc(F)c(C2=C(OC(=O)C(C)(C)C)N3CCOCCN3C3OC23)c(OC)c1. The number of epoxide rings is 1. The van der Waals surface area contributed by atoms with E-state index in [0.29, 0.717) is 43.2 Å². The summed E-state index contributed by atoms with van der Waals surface area (Å²) in [5, 5.41) is 3.81. The molecule has 0 saturated carbocycles. The molecule has 4 rings (SSSR count). The summed E-state index contributed by atoms with van der Waals surface area (Å²) in [7, 11) is 1.48. The van der Waals surface area contributed by atoms with Crippen LogP contribution in [0.1, 0.15) is 38.8 Å². The van der Waals surface area contributed by atoms with Crippen LogP contribution in [0.15, 0.2) is 18.0 Å². The number of methoxy groups -OCH3 is 1. The molecule has 2 atom stereocenters. The summed E-state index contributed by atoms with van der Waals surface area (Å²) in [6.45, 7) is 9.02. The zero-order valence-corrected chi connectivity index (χ0v) is 18.5. The van der Waals surface area contributed by atoms with E-state index in [0.717, 1.165) is 0 Å². The van der Waals surface area contributed by atoms with E-state index in [-0.39, 0.29) is 17.7 Å². The number of fused-ring (bicyclic) bond motifs is 3. The van der Waals surface area contributed by atoms with Gasteiger partial charge in [0.15, 0.2) is 6.23 Å². The lowest BCUT2D eigenvalue weighted by Gasteiger charge is -2.38. The molecule has 0 aliphatic carbocycles. The third kappa shape index (κ3) is 4.01. The predicted molar refractivity (Wildman–Crippen MR) is 111 cm³/mol. The van der Waals surface area contributed by atoms with Crippen LogP contribution in [-0.2, 0) is 19.0 Å². The summed E-state index contributed by atoms with van der Waals surface area (Å²) in [5.41, 5.74) is 0.447. The lowest BCUT2D eigenvalue weighted by Crippen LogP contribution is -2.50. The fraction of sp³-hybridized carbons (Fsp3) is 0.522. The van der Waals surface area contributed by atoms with Crippen molar-refractivity contribution in [3.63, 3.8) is 0 Å². The van der Waals surface area contributed by atoms with Gasteiger partial charge in [0, 0.05) is 12.1 Å². The fourth-order valence-electron chi connectivity index (χ4n) is 3.76. The van der Waals surface area contributed by atoms with E-state index in [2.05, 4.69) is 11.8 Å². The second kappa shape index (κ2) is 8.15. The maximum Gasteiger partial charge on any atom is 0.317 e. The average Bonchev–Trinajstić information content (AvgIpc) is 3.50. The smallest absolute Gasteiger partial charge is 0.317 e. The van der Waals surface area contributed by atoms with Crippen molar-refractivity contribution in [1.82, 2.24) is 10.0 Å². The highest BCUT2D eigenvalue weighted by Crippen LogP contribution is 2.49. The number of hydrogen-bond donors (Lipinski definition) is 0. The van der Waals surface area contributed by atoms with Crippen LogP contribution in [0.4, 0.5) is 4.39 Å². The van der Waals surface area contributed by atoms with Gasteiger partial charge < -0.3 is 18.9 Å². The van der Waals surface area contributed by atoms with Crippen LogP contribution in [0.5, 0.6) is 5.75 Å². The Morgan fingerprint density at radius 2 is 2.00 bits per heavy atom. The second-order valence-electron chi connectivity index (χ2n) is 8.61. The number of hydrazine groups is 1. The third-order valence-electron chi connectivity index (χ3n) is 5.35. The van der Waals surface area contributed by atoms with Crippen molar-refractivity contribution in [3.8, 4) is 17.6 Å². The van der Waals surface area contributed by atoms with Crippen molar-refractivity contribution in [1.29, 1.82) is 0 Å². The topological polar surface area (TPSA) is 63.8 Å². The van der Waals surface area contributed by atoms with E-state index in [9.17, 15) is 4.79 Å². The maximum absolute atomic E-state index is 15.4. The highest BCUT2D eigenvalue weighted by atomic mass is 19.1. The van der Waals surface area contributed by atoms with Gasteiger partial charge in [0.1, 0.15) is 17.7 Å². The van der Waals surface area contributed by atoms with Crippen LogP contribution >= 0.6 is 0 Å². The molecule has 0 aromatic heterocycles. The Labute approximate surface area is 181 Å². The molecule has 2 unspecified atom stereocenters. The number of nitrogens with zero attached hydrogens (tertiary/aromatic N) is 2. The molecular weight excluding hydrogens is 403 g/mol. The monoisotopic (exact) mass is 430 g/mol. The molecule has 31 heavy (non-hydrogen) atoms. The number of halogens is 1. The lowest BCUT2D eigenvalue weighted by molar-refractivity contribution is -0.157. The van der Waals surface area contributed by atoms with E-state index in [1.54, 1.807) is 33.8 Å². The van der Waals surface area contributed by atoms with Crippen LogP contribution in [0.2, 0.25) is 0 Å². The molecule has 1 aromatic carbocycles. The van der Waals surface area contributed by atoms with Gasteiger partial charge in [0.25, 0.3) is 0 Å². The summed E-state index contributed by atoms with van der Waals surface area (Å²) in [6, 6.07) is 3.04. The fourth-order valence-corrected chi connectivity index (χ4v) is 3.76. The highest BCUT2D eigenvalue weighted by molar-refractivity contribution is 5.82. The minimum Gasteiger partial charge on any atom is -0.496 e. The van der Waals surface area contributed by atoms with Gasteiger partial charge >= 0.3 is 5.97 Å². The van der Waals surface area contributed by atoms with Crippen molar-refractivity contribution in [3.05, 3.63) is 35.0 Å². The first kappa shape index (κ1) is 21.6. The van der Waals surface area contributed by atoms with Crippen LogP contribution in [0.3, 0.4) is 0 Å². The molecule has 1 aromatic rings. The molecular formula is C23H27FN2O5. The number of hydrogen-bond acceptors (Lipinski definition) is 7. The Balaban J connectivity index is 1.90. The van der Waals surface area contributed by atoms with Gasteiger partial charge in [-0.1, -0.05) is 5.92 Å². The van der Waals surface area contributed by atoms with Crippen LogP contribution in [-0.4, -0.2) is 61.7 Å². The first-order chi connectivity index (χ1) is 14.8. The van der Waals surface area contributed by atoms with Crippen LogP contribution in [0, 0.1) is 23.1 Å². The Kier molecular flexibility index (Phi) is 5.69. The Bertz CT molecular complexity index is 988. The molecule has 3 heterocycles. The zero-order valence-electron chi connectivity index (χ0n) is 18.5. The molecule has 8 heteroatoms. The molecule has 0 bridgehead atoms. The van der Waals surface area contributed by atoms with Crippen molar-refractivity contribution in [2.24, 2.45) is 5.41 Å². The summed E-state index contributed by atoms with van der Waals surface area (Å²) < 4.78 is 38.4. The number of ether oxygens (including phenoxy) is 4. The zero-order chi connectivity index (χ0) is 22.3. The number of benzene rings is 1. The Hall–Kier alpha value is -2.60. The van der Waals surface area contributed by atoms with Crippen LogP contribution < -0.4 is 4.74 Å². The molecule has 7 nitrogen and oxygen atoms in total. The van der Waals surface area contributed by atoms with Gasteiger partial charge in [0.05, 0.1) is 43.4 Å². The molecule has 0 N–H and O–H groups in total. The average molecular weight is 430 g/mol. The number of rotatable bonds is 3. The first-order valence-electron chi connectivity index (χ1n) is 10.3. The summed E-state index contributed by atoms with van der Waals surface area (Å²) >= 11 is 0. The molecule has 2 fully saturated rings. The van der Waals surface area contributed by atoms with Crippen molar-refractivity contribution < 1.29 is 28.1 Å². The van der Waals surface area contributed by atoms with Crippen molar-refractivity contribution >= 4 is 11.5 Å². The predicted octanol–water partition coefficient (Wildman–Crippen LogP) is 2.75. The third-order valence-corrected chi connectivity index (χ3v) is 5.35. The number of esters is 1. The normalized spacial score (nSPS) is 23.2. The summed E-state index contributed by atoms with van der Waals surface area (Å²) in [4.78, 5) is 12.9. The molecule has 166 valence electrons. The van der Waals surface area contributed by atoms with Gasteiger partial charge in [-0.3, -0.25) is 9.80 Å². The standard InChI is InChI=1S/C23H27FN2O5/c1-6-7-14-12-15(24)17(16(13-14)28-5)18-19-21(30-19)26-9-11-29-10-8-25(26)20(18)31-22(27)23(2,3)4/h12-13,19,21H,8-11H2,1-5H3. The van der Waals surface area contributed by atoms with Gasteiger partial charge in [-0.2, -0.15) is 5.01 Å². The number of carbonyl (C=O) groups excluding carboxylic acids is 1. The van der Waals surface area contributed by atoms with E-state index in [1.807, 2.05) is 10.0 Å². The lowest BCUT2D eigenvalue weighted by atomic mass is 9.96. The van der Waals surface area contributed by atoms with Gasteiger partial charge in [0.2, 0.25) is 5.88 Å². The van der Waals surface area contributed by atoms with Gasteiger partial charge in [-0.15, -0.1) is 5.92 Å². The minimum atomic E-state index is -0.740. The van der Waals surface area contributed by atoms with Crippen LogP contribution in [0.25, 0.3) is 5.57 Å². The number of carbonyl (C=O) groups is 1. The van der Waals surface area contributed by atoms with Gasteiger partial charge in [-0.25, -0.2) is 4.39 Å². The Morgan fingerprint density at radius 3 is 2.68 bits per heavy atom. The van der Waals surface area contributed by atoms with Gasteiger partial charge in [-0.05, 0) is 39.8 Å². The van der Waals surface area contributed by atoms with E-state index < -0.39 is 23.3 Å². The first-order valence-corrected chi connectivity index (χ1v) is 10.3. The minimum absolute atomic E-state index is 0.221. The molecule has 3 aliphatic rings. The molecule has 0 spiro atoms.